The van der Waals surface area contributed by atoms with Crippen LogP contribution in [0.5, 0.6) is 0 Å². The van der Waals surface area contributed by atoms with Gasteiger partial charge in [0.15, 0.2) is 0 Å². The van der Waals surface area contributed by atoms with Crippen LogP contribution in [0.4, 0.5) is 0 Å². The second kappa shape index (κ2) is 6.22. The van der Waals surface area contributed by atoms with Gasteiger partial charge in [-0.25, -0.2) is 8.42 Å². The third-order valence-electron chi connectivity index (χ3n) is 4.71. The summed E-state index contributed by atoms with van der Waals surface area (Å²) >= 11 is 0. The number of piperidine rings is 1. The molecule has 1 amide bonds. The number of nitrogens with zero attached hydrogens (tertiary/aromatic N) is 1. The molecule has 0 aliphatic carbocycles. The largest absolute Gasteiger partial charge is 0.376 e. The van der Waals surface area contributed by atoms with Gasteiger partial charge < -0.3 is 10.1 Å². The van der Waals surface area contributed by atoms with Crippen molar-refractivity contribution in [2.45, 2.75) is 36.8 Å². The molecule has 2 fully saturated rings. The molecule has 1 aromatic rings. The number of sulfonamides is 1. The number of nitrogens with one attached hydrogen (secondary N) is 1. The van der Waals surface area contributed by atoms with E-state index in [4.69, 9.17) is 4.74 Å². The molecule has 0 spiro atoms. The van der Waals surface area contributed by atoms with Crippen molar-refractivity contribution in [2.24, 2.45) is 5.92 Å². The van der Waals surface area contributed by atoms with Crippen molar-refractivity contribution in [1.29, 1.82) is 0 Å². The highest BCUT2D eigenvalue weighted by Gasteiger charge is 2.47. The first-order valence-corrected chi connectivity index (χ1v) is 9.29. The topological polar surface area (TPSA) is 75.7 Å². The highest BCUT2D eigenvalue weighted by molar-refractivity contribution is 7.89. The van der Waals surface area contributed by atoms with E-state index in [1.54, 1.807) is 31.3 Å². The molecule has 0 saturated carbocycles. The molecule has 2 heterocycles. The fraction of sp³-hybridized carbons (Fsp3) is 0.562. The molecule has 0 unspecified atom stereocenters. The van der Waals surface area contributed by atoms with E-state index in [1.807, 2.05) is 6.92 Å². The Labute approximate surface area is 136 Å². The number of rotatable bonds is 3. The van der Waals surface area contributed by atoms with E-state index in [2.05, 4.69) is 5.32 Å². The van der Waals surface area contributed by atoms with Gasteiger partial charge >= 0.3 is 0 Å². The minimum absolute atomic E-state index is 0.136. The average Bonchev–Trinajstić information content (AvgIpc) is 3.01. The Hall–Kier alpha value is -1.44. The summed E-state index contributed by atoms with van der Waals surface area (Å²) in [4.78, 5) is 12.3. The Morgan fingerprint density at radius 3 is 2.65 bits per heavy atom. The van der Waals surface area contributed by atoms with E-state index in [-0.39, 0.29) is 35.4 Å². The fourth-order valence-corrected chi connectivity index (χ4v) is 5.14. The number of hydrogen-bond acceptors (Lipinski definition) is 4. The molecule has 1 N–H and O–H groups in total. The zero-order valence-electron chi connectivity index (χ0n) is 13.4. The molecule has 7 heteroatoms. The molecule has 3 atom stereocenters. The van der Waals surface area contributed by atoms with E-state index >= 15 is 0 Å². The summed E-state index contributed by atoms with van der Waals surface area (Å²) in [6.07, 6.45) is 1.05. The van der Waals surface area contributed by atoms with Crippen LogP contribution in [0.15, 0.2) is 29.2 Å². The van der Waals surface area contributed by atoms with Crippen LogP contribution >= 0.6 is 0 Å². The maximum Gasteiger partial charge on any atom is 0.243 e. The Bertz CT molecular complexity index is 687. The van der Waals surface area contributed by atoms with E-state index in [0.29, 0.717) is 19.4 Å². The first-order valence-electron chi connectivity index (χ1n) is 7.85. The van der Waals surface area contributed by atoms with Gasteiger partial charge in [0.2, 0.25) is 15.9 Å². The summed E-state index contributed by atoms with van der Waals surface area (Å²) in [5, 5.41) is 2.62. The molecule has 0 bridgehead atoms. The monoisotopic (exact) mass is 338 g/mol. The highest BCUT2D eigenvalue weighted by Crippen LogP contribution is 2.35. The summed E-state index contributed by atoms with van der Waals surface area (Å²) in [7, 11) is -2.06. The normalized spacial score (nSPS) is 28.3. The third-order valence-corrected chi connectivity index (χ3v) is 6.61. The summed E-state index contributed by atoms with van der Waals surface area (Å²) in [6, 6.07) is 6.64. The molecule has 0 aromatic heterocycles. The van der Waals surface area contributed by atoms with Gasteiger partial charge in [-0.15, -0.1) is 0 Å². The number of hydrogen-bond donors (Lipinski definition) is 1. The summed E-state index contributed by atoms with van der Waals surface area (Å²) in [6.45, 7) is 2.66. The lowest BCUT2D eigenvalue weighted by atomic mass is 9.91. The molecular formula is C16H22N2O4S. The van der Waals surface area contributed by atoms with Crippen molar-refractivity contribution in [3.05, 3.63) is 29.8 Å². The second-order valence-electron chi connectivity index (χ2n) is 6.20. The van der Waals surface area contributed by atoms with E-state index in [0.717, 1.165) is 5.56 Å². The van der Waals surface area contributed by atoms with Gasteiger partial charge in [0, 0.05) is 20.2 Å². The van der Waals surface area contributed by atoms with Gasteiger partial charge in [0.25, 0.3) is 0 Å². The van der Waals surface area contributed by atoms with E-state index in [1.165, 1.54) is 4.31 Å². The van der Waals surface area contributed by atoms with Gasteiger partial charge in [-0.2, -0.15) is 4.31 Å². The molecule has 1 aromatic carbocycles. The standard InChI is InChI=1S/C16H22N2O4S/c1-11-3-5-13(6-4-11)23(20,21)18-10-12(16(19)17-2)9-15-14(18)7-8-22-15/h3-6,12,14-15H,7-10H2,1-2H3,(H,17,19)/t12-,14+,15+/m0/s1. The van der Waals surface area contributed by atoms with E-state index in [9.17, 15) is 13.2 Å². The maximum atomic E-state index is 13.0. The maximum absolute atomic E-state index is 13.0. The van der Waals surface area contributed by atoms with Crippen molar-refractivity contribution in [2.75, 3.05) is 20.2 Å². The lowest BCUT2D eigenvalue weighted by Crippen LogP contribution is -2.54. The Morgan fingerprint density at radius 1 is 1.30 bits per heavy atom. The zero-order valence-corrected chi connectivity index (χ0v) is 14.2. The first-order chi connectivity index (χ1) is 10.9. The van der Waals surface area contributed by atoms with Crippen LogP contribution in [0.1, 0.15) is 18.4 Å². The Kier molecular flexibility index (Phi) is 4.44. The third kappa shape index (κ3) is 3.00. The Balaban J connectivity index is 1.94. The van der Waals surface area contributed by atoms with Crippen LogP contribution < -0.4 is 5.32 Å². The second-order valence-corrected chi connectivity index (χ2v) is 8.09. The predicted molar refractivity (Wildman–Crippen MR) is 85.4 cm³/mol. The Morgan fingerprint density at radius 2 is 2.00 bits per heavy atom. The number of benzene rings is 1. The molecule has 2 aliphatic heterocycles. The van der Waals surface area contributed by atoms with Crippen molar-refractivity contribution in [3.8, 4) is 0 Å². The van der Waals surface area contributed by atoms with Crippen molar-refractivity contribution in [3.63, 3.8) is 0 Å². The molecular weight excluding hydrogens is 316 g/mol. The molecule has 2 saturated heterocycles. The number of ether oxygens (including phenoxy) is 1. The number of aryl methyl sites for hydroxylation is 1. The van der Waals surface area contributed by atoms with Gasteiger partial charge in [0.05, 0.1) is 23.0 Å². The van der Waals surface area contributed by atoms with Crippen LogP contribution in [0.25, 0.3) is 0 Å². The van der Waals surface area contributed by atoms with Crippen LogP contribution in [-0.2, 0) is 19.6 Å². The SMILES string of the molecule is CNC(=O)[C@H]1C[C@H]2OCC[C@H]2N(S(=O)(=O)c2ccc(C)cc2)C1. The predicted octanol–water partition coefficient (Wildman–Crippen LogP) is 0.909. The highest BCUT2D eigenvalue weighted by atomic mass is 32.2. The lowest BCUT2D eigenvalue weighted by molar-refractivity contribution is -0.127. The number of carbonyl (C=O) groups is 1. The van der Waals surface area contributed by atoms with Gasteiger partial charge in [-0.1, -0.05) is 17.7 Å². The number of amides is 1. The van der Waals surface area contributed by atoms with Gasteiger partial charge in [0.1, 0.15) is 0 Å². The quantitative estimate of drug-likeness (QED) is 0.889. The van der Waals surface area contributed by atoms with Crippen molar-refractivity contribution < 1.29 is 17.9 Å². The molecule has 3 rings (SSSR count). The van der Waals surface area contributed by atoms with Crippen LogP contribution in [0.3, 0.4) is 0 Å². The molecule has 23 heavy (non-hydrogen) atoms. The average molecular weight is 338 g/mol. The minimum Gasteiger partial charge on any atom is -0.376 e. The number of carbonyl (C=O) groups excluding carboxylic acids is 1. The molecule has 6 nitrogen and oxygen atoms in total. The van der Waals surface area contributed by atoms with Crippen molar-refractivity contribution >= 4 is 15.9 Å². The number of fused-ring (bicyclic) bond motifs is 1. The molecule has 126 valence electrons. The summed E-state index contributed by atoms with van der Waals surface area (Å²) in [5.74, 6) is -0.511. The minimum atomic E-state index is -3.63. The van der Waals surface area contributed by atoms with Gasteiger partial charge in [-0.05, 0) is 31.9 Å². The molecule has 2 aliphatic rings. The van der Waals surface area contributed by atoms with Crippen molar-refractivity contribution in [1.82, 2.24) is 9.62 Å². The first kappa shape index (κ1) is 16.4. The summed E-state index contributed by atoms with van der Waals surface area (Å²) < 4.78 is 33.2. The van der Waals surface area contributed by atoms with Crippen LogP contribution in [-0.4, -0.2) is 51.0 Å². The zero-order chi connectivity index (χ0) is 16.6. The lowest BCUT2D eigenvalue weighted by Gasteiger charge is -2.39. The smallest absolute Gasteiger partial charge is 0.243 e. The van der Waals surface area contributed by atoms with Crippen LogP contribution in [0, 0.1) is 12.8 Å². The molecule has 0 radical (unpaired) electrons. The van der Waals surface area contributed by atoms with E-state index < -0.39 is 10.0 Å². The van der Waals surface area contributed by atoms with Crippen LogP contribution in [0.2, 0.25) is 0 Å². The summed E-state index contributed by atoms with van der Waals surface area (Å²) in [5.41, 5.74) is 1.01. The fourth-order valence-electron chi connectivity index (χ4n) is 3.42. The van der Waals surface area contributed by atoms with Gasteiger partial charge in [-0.3, -0.25) is 4.79 Å².